The molecule has 3 nitrogen and oxygen atoms in total. The number of nitrogens with one attached hydrogen (secondary N) is 1. The van der Waals surface area contributed by atoms with E-state index < -0.39 is 17.7 Å². The summed E-state index contributed by atoms with van der Waals surface area (Å²) in [6, 6.07) is 2.67. The third kappa shape index (κ3) is 3.19. The molecule has 0 amide bonds. The number of benzene rings is 1. The molecule has 0 bridgehead atoms. The van der Waals surface area contributed by atoms with E-state index in [-0.39, 0.29) is 17.7 Å². The fraction of sp³-hybridized carbons (Fsp3) is 0.455. The van der Waals surface area contributed by atoms with E-state index in [1.165, 1.54) is 0 Å². The van der Waals surface area contributed by atoms with E-state index >= 15 is 0 Å². The molecule has 0 saturated carbocycles. The van der Waals surface area contributed by atoms with Gasteiger partial charge in [-0.1, -0.05) is 9.39 Å². The van der Waals surface area contributed by atoms with Gasteiger partial charge in [0.25, 0.3) is 0 Å². The van der Waals surface area contributed by atoms with Gasteiger partial charge < -0.3 is 9.84 Å². The maximum atomic E-state index is 13.5. The predicted molar refractivity (Wildman–Crippen MR) is 62.3 cm³/mol. The van der Waals surface area contributed by atoms with Crippen LogP contribution in [0, 0.1) is 11.6 Å². The van der Waals surface area contributed by atoms with Crippen molar-refractivity contribution in [3.63, 3.8) is 0 Å². The Morgan fingerprint density at radius 3 is 2.82 bits per heavy atom. The molecule has 4 unspecified atom stereocenters. The van der Waals surface area contributed by atoms with Gasteiger partial charge in [-0.25, -0.2) is 8.78 Å². The van der Waals surface area contributed by atoms with E-state index in [0.717, 1.165) is 18.2 Å². The Kier molecular flexibility index (Phi) is 4.05. The molecule has 0 aromatic heterocycles. The molecule has 1 fully saturated rings. The van der Waals surface area contributed by atoms with Crippen molar-refractivity contribution < 1.29 is 18.6 Å². The Hall–Kier alpha value is -0.610. The summed E-state index contributed by atoms with van der Waals surface area (Å²) >= 11 is 0. The molecular formula is C11H14F2NO2P. The number of aliphatic hydroxyl groups is 1. The standard InChI is InChI=1S/C11H14F2NO2P/c12-6-1-2-9(13)8(3-6)11(15)10(14-17)4-7-5-16-7/h1-3,7,10-11,14-15H,4-5,17H2. The lowest BCUT2D eigenvalue weighted by atomic mass is 9.99. The van der Waals surface area contributed by atoms with Gasteiger partial charge in [0.2, 0.25) is 0 Å². The van der Waals surface area contributed by atoms with Crippen LogP contribution in [0.3, 0.4) is 0 Å². The van der Waals surface area contributed by atoms with Crippen LogP contribution in [0.4, 0.5) is 8.78 Å². The van der Waals surface area contributed by atoms with Crippen LogP contribution in [-0.2, 0) is 4.74 Å². The van der Waals surface area contributed by atoms with Gasteiger partial charge in [0.15, 0.2) is 0 Å². The summed E-state index contributed by atoms with van der Waals surface area (Å²) in [5.41, 5.74) is -0.0365. The molecule has 0 radical (unpaired) electrons. The van der Waals surface area contributed by atoms with Gasteiger partial charge in [-0.05, 0) is 24.6 Å². The van der Waals surface area contributed by atoms with Crippen molar-refractivity contribution in [3.8, 4) is 0 Å². The molecule has 2 rings (SSSR count). The van der Waals surface area contributed by atoms with Crippen molar-refractivity contribution in [1.82, 2.24) is 5.09 Å². The van der Waals surface area contributed by atoms with Crippen LogP contribution in [0.5, 0.6) is 0 Å². The SMILES string of the molecule is OC(c1cc(F)ccc1F)C(CC1CO1)NP. The maximum Gasteiger partial charge on any atom is 0.129 e. The quantitative estimate of drug-likeness (QED) is 0.624. The van der Waals surface area contributed by atoms with E-state index in [1.807, 2.05) is 0 Å². The fourth-order valence-electron chi connectivity index (χ4n) is 1.73. The summed E-state index contributed by atoms with van der Waals surface area (Å²) < 4.78 is 31.6. The number of hydrogen-bond acceptors (Lipinski definition) is 3. The van der Waals surface area contributed by atoms with Crippen LogP contribution in [-0.4, -0.2) is 23.9 Å². The highest BCUT2D eigenvalue weighted by molar-refractivity contribution is 7.13. The van der Waals surface area contributed by atoms with Gasteiger partial charge in [0.05, 0.1) is 18.8 Å². The molecule has 2 N–H and O–H groups in total. The normalized spacial score (nSPS) is 22.2. The predicted octanol–water partition coefficient (Wildman–Crippen LogP) is 1.54. The van der Waals surface area contributed by atoms with E-state index in [1.54, 1.807) is 0 Å². The monoisotopic (exact) mass is 261 g/mol. The highest BCUT2D eigenvalue weighted by Gasteiger charge is 2.31. The molecule has 17 heavy (non-hydrogen) atoms. The smallest absolute Gasteiger partial charge is 0.129 e. The lowest BCUT2D eigenvalue weighted by molar-refractivity contribution is 0.127. The second-order valence-electron chi connectivity index (χ2n) is 4.07. The van der Waals surface area contributed by atoms with Crippen LogP contribution in [0.15, 0.2) is 18.2 Å². The van der Waals surface area contributed by atoms with Gasteiger partial charge in [-0.3, -0.25) is 5.09 Å². The Balaban J connectivity index is 2.14. The van der Waals surface area contributed by atoms with Gasteiger partial charge in [0, 0.05) is 11.6 Å². The van der Waals surface area contributed by atoms with Crippen LogP contribution >= 0.6 is 9.39 Å². The molecule has 1 aliphatic heterocycles. The van der Waals surface area contributed by atoms with Crippen LogP contribution in [0.2, 0.25) is 0 Å². The summed E-state index contributed by atoms with van der Waals surface area (Å²) in [5.74, 6) is -1.17. The minimum Gasteiger partial charge on any atom is -0.387 e. The summed E-state index contributed by atoms with van der Waals surface area (Å²) in [5, 5.41) is 12.8. The van der Waals surface area contributed by atoms with Crippen LogP contribution < -0.4 is 5.09 Å². The van der Waals surface area contributed by atoms with Crippen LogP contribution in [0.1, 0.15) is 18.1 Å². The average molecular weight is 261 g/mol. The summed E-state index contributed by atoms with van der Waals surface area (Å²) in [6.07, 6.45) is -0.451. The van der Waals surface area contributed by atoms with E-state index in [9.17, 15) is 13.9 Å². The Morgan fingerprint density at radius 2 is 2.24 bits per heavy atom. The minimum absolute atomic E-state index is 0.0365. The first-order chi connectivity index (χ1) is 8.11. The van der Waals surface area contributed by atoms with Gasteiger partial charge >= 0.3 is 0 Å². The number of halogens is 2. The summed E-state index contributed by atoms with van der Waals surface area (Å²) in [6.45, 7) is 0.654. The van der Waals surface area contributed by atoms with Crippen molar-refractivity contribution in [3.05, 3.63) is 35.4 Å². The average Bonchev–Trinajstić information content (AvgIpc) is 3.12. The Labute approximate surface area is 100 Å². The second kappa shape index (κ2) is 5.36. The number of ether oxygens (including phenoxy) is 1. The molecule has 4 atom stereocenters. The van der Waals surface area contributed by atoms with E-state index in [0.29, 0.717) is 13.0 Å². The fourth-order valence-corrected chi connectivity index (χ4v) is 2.05. The van der Waals surface area contributed by atoms with Crippen molar-refractivity contribution in [2.75, 3.05) is 6.61 Å². The zero-order chi connectivity index (χ0) is 12.4. The zero-order valence-corrected chi connectivity index (χ0v) is 10.2. The summed E-state index contributed by atoms with van der Waals surface area (Å²) in [7, 11) is 2.28. The minimum atomic E-state index is -1.10. The van der Waals surface area contributed by atoms with Gasteiger partial charge in [-0.15, -0.1) is 0 Å². The molecule has 1 aliphatic rings. The van der Waals surface area contributed by atoms with Crippen molar-refractivity contribution in [2.24, 2.45) is 0 Å². The Bertz CT molecular complexity index is 401. The maximum absolute atomic E-state index is 13.5. The molecule has 1 heterocycles. The largest absolute Gasteiger partial charge is 0.387 e. The molecule has 94 valence electrons. The lowest BCUT2D eigenvalue weighted by Gasteiger charge is -2.22. The summed E-state index contributed by atoms with van der Waals surface area (Å²) in [4.78, 5) is 0. The number of epoxide rings is 1. The highest BCUT2D eigenvalue weighted by Crippen LogP contribution is 2.27. The van der Waals surface area contributed by atoms with Crippen molar-refractivity contribution in [1.29, 1.82) is 0 Å². The van der Waals surface area contributed by atoms with E-state index in [2.05, 4.69) is 14.5 Å². The first kappa shape index (κ1) is 12.8. The molecule has 1 aromatic rings. The highest BCUT2D eigenvalue weighted by atomic mass is 31.0. The molecule has 0 spiro atoms. The zero-order valence-electron chi connectivity index (χ0n) is 9.07. The Morgan fingerprint density at radius 1 is 1.53 bits per heavy atom. The third-order valence-corrected chi connectivity index (χ3v) is 3.22. The third-order valence-electron chi connectivity index (χ3n) is 2.79. The molecular weight excluding hydrogens is 247 g/mol. The van der Waals surface area contributed by atoms with E-state index in [4.69, 9.17) is 4.74 Å². The van der Waals surface area contributed by atoms with Crippen molar-refractivity contribution in [2.45, 2.75) is 24.7 Å². The number of aliphatic hydroxyl groups excluding tert-OH is 1. The first-order valence-electron chi connectivity index (χ1n) is 5.32. The molecule has 6 heteroatoms. The van der Waals surface area contributed by atoms with Gasteiger partial charge in [0.1, 0.15) is 11.6 Å². The number of rotatable bonds is 5. The van der Waals surface area contributed by atoms with Gasteiger partial charge in [-0.2, -0.15) is 0 Å². The molecule has 1 saturated heterocycles. The molecule has 1 aromatic carbocycles. The van der Waals surface area contributed by atoms with Crippen molar-refractivity contribution >= 4 is 9.39 Å². The molecule has 0 aliphatic carbocycles. The topological polar surface area (TPSA) is 44.8 Å². The number of hydrogen-bond donors (Lipinski definition) is 2. The first-order valence-corrected chi connectivity index (χ1v) is 5.90. The lowest BCUT2D eigenvalue weighted by Crippen LogP contribution is -2.30. The second-order valence-corrected chi connectivity index (χ2v) is 4.41. The van der Waals surface area contributed by atoms with Crippen LogP contribution in [0.25, 0.3) is 0 Å².